The van der Waals surface area contributed by atoms with E-state index in [1.807, 2.05) is 35.4 Å². The van der Waals surface area contributed by atoms with Crippen LogP contribution in [0, 0.1) is 0 Å². The molecule has 1 amide bonds. The Morgan fingerprint density at radius 2 is 1.96 bits per heavy atom. The fourth-order valence-corrected chi connectivity index (χ4v) is 3.70. The molecule has 1 aromatic heterocycles. The van der Waals surface area contributed by atoms with Crippen LogP contribution >= 0.6 is 0 Å². The number of methoxy groups -OCH3 is 1. The molecule has 2 aromatic carbocycles. The number of amides is 1. The number of rotatable bonds is 5. The van der Waals surface area contributed by atoms with Crippen LogP contribution in [0.25, 0.3) is 16.5 Å². The van der Waals surface area contributed by atoms with Crippen molar-refractivity contribution in [3.05, 3.63) is 71.9 Å². The minimum absolute atomic E-state index is 0.227. The van der Waals surface area contributed by atoms with Gasteiger partial charge in [-0.1, -0.05) is 36.4 Å². The van der Waals surface area contributed by atoms with Crippen LogP contribution < -0.4 is 4.74 Å². The van der Waals surface area contributed by atoms with Gasteiger partial charge in [0.2, 0.25) is 5.91 Å². The van der Waals surface area contributed by atoms with Crippen molar-refractivity contribution < 1.29 is 9.53 Å². The van der Waals surface area contributed by atoms with Crippen LogP contribution in [0.3, 0.4) is 0 Å². The zero-order chi connectivity index (χ0) is 18.6. The number of nitrogens with one attached hydrogen (secondary N) is 1. The second kappa shape index (κ2) is 7.70. The first-order valence-corrected chi connectivity index (χ1v) is 9.41. The lowest BCUT2D eigenvalue weighted by Gasteiger charge is -2.27. The van der Waals surface area contributed by atoms with E-state index < -0.39 is 0 Å². The van der Waals surface area contributed by atoms with Crippen molar-refractivity contribution in [2.24, 2.45) is 0 Å². The van der Waals surface area contributed by atoms with Gasteiger partial charge in [0.05, 0.1) is 7.11 Å². The number of ether oxygens (including phenoxy) is 1. The molecular formula is C23H24N2O2. The molecule has 0 spiro atoms. The van der Waals surface area contributed by atoms with Gasteiger partial charge in [-0.25, -0.2) is 0 Å². The molecule has 0 unspecified atom stereocenters. The van der Waals surface area contributed by atoms with E-state index in [1.165, 1.54) is 22.1 Å². The lowest BCUT2D eigenvalue weighted by Crippen LogP contribution is -2.34. The molecule has 1 aliphatic rings. The summed E-state index contributed by atoms with van der Waals surface area (Å²) in [7, 11) is 1.68. The summed E-state index contributed by atoms with van der Waals surface area (Å²) in [5.41, 5.74) is 4.86. The predicted molar refractivity (Wildman–Crippen MR) is 109 cm³/mol. The number of aromatic amines is 1. The molecule has 0 radical (unpaired) electrons. The minimum atomic E-state index is 0.227. The fraction of sp³-hybridized carbons (Fsp3) is 0.261. The van der Waals surface area contributed by atoms with Crippen LogP contribution in [0.4, 0.5) is 0 Å². The number of hydrogen-bond acceptors (Lipinski definition) is 2. The summed E-state index contributed by atoms with van der Waals surface area (Å²) < 4.78 is 5.21. The third-order valence-electron chi connectivity index (χ3n) is 5.31. The summed E-state index contributed by atoms with van der Waals surface area (Å²) >= 11 is 0. The lowest BCUT2D eigenvalue weighted by atomic mass is 9.99. The maximum atomic E-state index is 12.6. The molecule has 0 aliphatic carbocycles. The largest absolute Gasteiger partial charge is 0.497 e. The molecule has 2 heterocycles. The number of aromatic nitrogens is 1. The molecule has 0 saturated heterocycles. The molecule has 138 valence electrons. The number of carbonyl (C=O) groups excluding carboxylic acids is 1. The van der Waals surface area contributed by atoms with E-state index in [4.69, 9.17) is 4.74 Å². The molecule has 3 aromatic rings. The van der Waals surface area contributed by atoms with Crippen LogP contribution in [0.5, 0.6) is 5.75 Å². The first kappa shape index (κ1) is 17.4. The fourth-order valence-electron chi connectivity index (χ4n) is 3.70. The Kier molecular flexibility index (Phi) is 4.97. The van der Waals surface area contributed by atoms with Gasteiger partial charge in [-0.05, 0) is 47.7 Å². The molecule has 4 heteroatoms. The number of fused-ring (bicyclic) bond motifs is 1. The number of aryl methyl sites for hydroxylation is 1. The maximum Gasteiger partial charge on any atom is 0.223 e. The summed E-state index contributed by atoms with van der Waals surface area (Å²) in [6.07, 6.45) is 6.41. The SMILES string of the molecule is COc1ccc(C2=CCN(C(=O)CCc3c[nH]c4ccccc34)CC2)cc1. The van der Waals surface area contributed by atoms with Crippen LogP contribution in [-0.2, 0) is 11.2 Å². The summed E-state index contributed by atoms with van der Waals surface area (Å²) in [5.74, 6) is 1.09. The standard InChI is InChI=1S/C23H24N2O2/c1-27-20-9-6-17(7-10-20)18-12-14-25(15-13-18)23(26)11-8-19-16-24-22-5-3-2-4-21(19)22/h2-7,9-10,12,16,24H,8,11,13-15H2,1H3. The van der Waals surface area contributed by atoms with E-state index in [0.717, 1.165) is 30.7 Å². The Morgan fingerprint density at radius 3 is 2.70 bits per heavy atom. The number of H-pyrrole nitrogens is 1. The van der Waals surface area contributed by atoms with Crippen molar-refractivity contribution in [1.29, 1.82) is 0 Å². The summed E-state index contributed by atoms with van der Waals surface area (Å²) in [6.45, 7) is 1.47. The maximum absolute atomic E-state index is 12.6. The highest BCUT2D eigenvalue weighted by Gasteiger charge is 2.18. The van der Waals surface area contributed by atoms with E-state index in [2.05, 4.69) is 35.3 Å². The van der Waals surface area contributed by atoms with Crippen molar-refractivity contribution in [2.75, 3.05) is 20.2 Å². The van der Waals surface area contributed by atoms with Crippen molar-refractivity contribution in [2.45, 2.75) is 19.3 Å². The highest BCUT2D eigenvalue weighted by Crippen LogP contribution is 2.25. The third-order valence-corrected chi connectivity index (χ3v) is 5.31. The smallest absolute Gasteiger partial charge is 0.223 e. The molecular weight excluding hydrogens is 336 g/mol. The lowest BCUT2D eigenvalue weighted by molar-refractivity contribution is -0.130. The Morgan fingerprint density at radius 1 is 1.15 bits per heavy atom. The van der Waals surface area contributed by atoms with Gasteiger partial charge in [0.15, 0.2) is 0 Å². The van der Waals surface area contributed by atoms with Gasteiger partial charge in [0.25, 0.3) is 0 Å². The second-order valence-corrected chi connectivity index (χ2v) is 6.91. The van der Waals surface area contributed by atoms with Crippen molar-refractivity contribution in [3.8, 4) is 5.75 Å². The summed E-state index contributed by atoms with van der Waals surface area (Å²) in [6, 6.07) is 16.4. The molecule has 0 bridgehead atoms. The van der Waals surface area contributed by atoms with Crippen LogP contribution in [0.2, 0.25) is 0 Å². The second-order valence-electron chi connectivity index (χ2n) is 6.91. The molecule has 0 fully saturated rings. The number of carbonyl (C=O) groups is 1. The predicted octanol–water partition coefficient (Wildman–Crippen LogP) is 4.43. The minimum Gasteiger partial charge on any atom is -0.497 e. The Bertz CT molecular complexity index is 969. The molecule has 0 atom stereocenters. The highest BCUT2D eigenvalue weighted by molar-refractivity contribution is 5.84. The molecule has 27 heavy (non-hydrogen) atoms. The average molecular weight is 360 g/mol. The Labute approximate surface area is 159 Å². The van der Waals surface area contributed by atoms with Crippen molar-refractivity contribution in [1.82, 2.24) is 9.88 Å². The summed E-state index contributed by atoms with van der Waals surface area (Å²) in [4.78, 5) is 17.9. The van der Waals surface area contributed by atoms with Gasteiger partial charge in [-0.15, -0.1) is 0 Å². The van der Waals surface area contributed by atoms with Crippen LogP contribution in [-0.4, -0.2) is 36.0 Å². The highest BCUT2D eigenvalue weighted by atomic mass is 16.5. The van der Waals surface area contributed by atoms with Crippen LogP contribution in [0.15, 0.2) is 60.8 Å². The van der Waals surface area contributed by atoms with E-state index in [1.54, 1.807) is 7.11 Å². The number of nitrogens with zero attached hydrogens (tertiary/aromatic N) is 1. The zero-order valence-electron chi connectivity index (χ0n) is 15.6. The molecule has 1 N–H and O–H groups in total. The number of para-hydroxylation sites is 1. The van der Waals surface area contributed by atoms with E-state index in [0.29, 0.717) is 13.0 Å². The number of hydrogen-bond donors (Lipinski definition) is 1. The van der Waals surface area contributed by atoms with Gasteiger partial charge >= 0.3 is 0 Å². The Balaban J connectivity index is 1.35. The topological polar surface area (TPSA) is 45.3 Å². The Hall–Kier alpha value is -3.01. The monoisotopic (exact) mass is 360 g/mol. The number of benzene rings is 2. The van der Waals surface area contributed by atoms with Crippen molar-refractivity contribution in [3.63, 3.8) is 0 Å². The van der Waals surface area contributed by atoms with Gasteiger partial charge in [-0.3, -0.25) is 4.79 Å². The van der Waals surface area contributed by atoms with Gasteiger partial charge in [0, 0.05) is 36.6 Å². The zero-order valence-corrected chi connectivity index (χ0v) is 15.6. The summed E-state index contributed by atoms with van der Waals surface area (Å²) in [5, 5.41) is 1.21. The molecule has 4 nitrogen and oxygen atoms in total. The van der Waals surface area contributed by atoms with Gasteiger partial charge < -0.3 is 14.6 Å². The van der Waals surface area contributed by atoms with Gasteiger partial charge in [0.1, 0.15) is 5.75 Å². The van der Waals surface area contributed by atoms with Crippen molar-refractivity contribution >= 4 is 22.4 Å². The quantitative estimate of drug-likeness (QED) is 0.732. The molecule has 1 aliphatic heterocycles. The molecule has 0 saturated carbocycles. The van der Waals surface area contributed by atoms with E-state index in [-0.39, 0.29) is 5.91 Å². The van der Waals surface area contributed by atoms with E-state index >= 15 is 0 Å². The van der Waals surface area contributed by atoms with Crippen LogP contribution in [0.1, 0.15) is 24.0 Å². The normalized spacial score (nSPS) is 14.3. The third kappa shape index (κ3) is 3.75. The average Bonchev–Trinajstić information content (AvgIpc) is 3.15. The first-order chi connectivity index (χ1) is 13.2. The van der Waals surface area contributed by atoms with Gasteiger partial charge in [-0.2, -0.15) is 0 Å². The molecule has 4 rings (SSSR count). The van der Waals surface area contributed by atoms with E-state index in [9.17, 15) is 4.79 Å². The first-order valence-electron chi connectivity index (χ1n) is 9.41.